The summed E-state index contributed by atoms with van der Waals surface area (Å²) < 4.78 is 16.6. The lowest BCUT2D eigenvalue weighted by Gasteiger charge is -2.29. The molecule has 10 nitrogen and oxygen atoms in total. The monoisotopic (exact) mass is 449 g/mol. The van der Waals surface area contributed by atoms with Crippen LogP contribution in [-0.4, -0.2) is 71.5 Å². The zero-order chi connectivity index (χ0) is 22.6. The van der Waals surface area contributed by atoms with Crippen LogP contribution in [0.5, 0.6) is 0 Å². The predicted octanol–water partition coefficient (Wildman–Crippen LogP) is 2.42. The Labute approximate surface area is 191 Å². The smallest absolute Gasteiger partial charge is 0.182 e. The molecule has 1 aliphatic heterocycles. The lowest BCUT2D eigenvalue weighted by atomic mass is 10.1. The van der Waals surface area contributed by atoms with Crippen molar-refractivity contribution in [1.82, 2.24) is 24.9 Å². The summed E-state index contributed by atoms with van der Waals surface area (Å²) in [6, 6.07) is 3.90. The van der Waals surface area contributed by atoms with Gasteiger partial charge in [0.2, 0.25) is 0 Å². The van der Waals surface area contributed by atoms with Crippen LogP contribution in [-0.2, 0) is 20.8 Å². The first kappa shape index (κ1) is 21.4. The number of hydrogen-bond donors (Lipinski definition) is 1. The number of anilines is 2. The molecule has 1 N–H and O–H groups in total. The number of fused-ring (bicyclic) bond motifs is 1. The van der Waals surface area contributed by atoms with E-state index in [0.717, 1.165) is 47.5 Å². The van der Waals surface area contributed by atoms with E-state index in [1.54, 1.807) is 26.6 Å². The molecule has 4 heterocycles. The topological polar surface area (TPSA) is 102 Å². The number of nitrogens with one attached hydrogen (secondary N) is 1. The van der Waals surface area contributed by atoms with Gasteiger partial charge in [0.05, 0.1) is 39.2 Å². The summed E-state index contributed by atoms with van der Waals surface area (Å²) in [5, 5.41) is 0. The number of nitrogens with zero attached hydrogens (tertiary/aromatic N) is 6. The average Bonchev–Trinajstić information content (AvgIpc) is 3.40. The number of pyridine rings is 1. The number of imidazole rings is 1. The minimum absolute atomic E-state index is 0.0905. The van der Waals surface area contributed by atoms with Gasteiger partial charge in [0.1, 0.15) is 28.7 Å². The molecule has 3 aromatic rings. The SMILES string of the molecule is COC1=CC(N(Cc2ncc[nH]2)c2ccc3ncc(N4CCOCC4)nc3n2)=CC(OC)C1. The van der Waals surface area contributed by atoms with Gasteiger partial charge < -0.3 is 29.0 Å². The first-order valence-corrected chi connectivity index (χ1v) is 10.9. The summed E-state index contributed by atoms with van der Waals surface area (Å²) in [6.45, 7) is 3.46. The van der Waals surface area contributed by atoms with Gasteiger partial charge in [-0.05, 0) is 24.3 Å². The van der Waals surface area contributed by atoms with Gasteiger partial charge in [-0.1, -0.05) is 0 Å². The van der Waals surface area contributed by atoms with Crippen molar-refractivity contribution < 1.29 is 14.2 Å². The van der Waals surface area contributed by atoms with E-state index < -0.39 is 0 Å². The average molecular weight is 450 g/mol. The molecule has 1 aliphatic carbocycles. The van der Waals surface area contributed by atoms with E-state index in [4.69, 9.17) is 24.2 Å². The summed E-state index contributed by atoms with van der Waals surface area (Å²) >= 11 is 0. The van der Waals surface area contributed by atoms with Gasteiger partial charge in [0.25, 0.3) is 0 Å². The van der Waals surface area contributed by atoms with Crippen molar-refractivity contribution in [2.75, 3.05) is 50.3 Å². The zero-order valence-corrected chi connectivity index (χ0v) is 18.8. The first-order valence-electron chi connectivity index (χ1n) is 10.9. The van der Waals surface area contributed by atoms with E-state index in [9.17, 15) is 0 Å². The van der Waals surface area contributed by atoms with E-state index in [2.05, 4.69) is 30.8 Å². The van der Waals surface area contributed by atoms with E-state index >= 15 is 0 Å². The molecule has 2 aliphatic rings. The zero-order valence-electron chi connectivity index (χ0n) is 18.8. The van der Waals surface area contributed by atoms with Crippen molar-refractivity contribution in [2.45, 2.75) is 19.1 Å². The summed E-state index contributed by atoms with van der Waals surface area (Å²) in [5.74, 6) is 3.21. The number of H-pyrrole nitrogens is 1. The Morgan fingerprint density at radius 2 is 2.06 bits per heavy atom. The van der Waals surface area contributed by atoms with Gasteiger partial charge in [0, 0.05) is 44.7 Å². The van der Waals surface area contributed by atoms with E-state index in [-0.39, 0.29) is 6.10 Å². The van der Waals surface area contributed by atoms with Gasteiger partial charge in [-0.25, -0.2) is 19.9 Å². The molecule has 10 heteroatoms. The number of ether oxygens (including phenoxy) is 3. The summed E-state index contributed by atoms with van der Waals surface area (Å²) in [4.78, 5) is 26.1. The molecule has 5 rings (SSSR count). The van der Waals surface area contributed by atoms with Crippen LogP contribution in [0.4, 0.5) is 11.6 Å². The Morgan fingerprint density at radius 3 is 2.82 bits per heavy atom. The molecule has 33 heavy (non-hydrogen) atoms. The minimum Gasteiger partial charge on any atom is -0.501 e. The highest BCUT2D eigenvalue weighted by Crippen LogP contribution is 2.28. The Hall–Kier alpha value is -3.50. The van der Waals surface area contributed by atoms with Gasteiger partial charge in [-0.2, -0.15) is 0 Å². The van der Waals surface area contributed by atoms with Crippen LogP contribution in [0.2, 0.25) is 0 Å². The molecule has 1 fully saturated rings. The highest BCUT2D eigenvalue weighted by Gasteiger charge is 2.23. The molecule has 172 valence electrons. The number of aromatic nitrogens is 5. The number of methoxy groups -OCH3 is 2. The highest BCUT2D eigenvalue weighted by molar-refractivity contribution is 5.74. The van der Waals surface area contributed by atoms with Crippen molar-refractivity contribution in [3.8, 4) is 0 Å². The maximum absolute atomic E-state index is 5.62. The summed E-state index contributed by atoms with van der Waals surface area (Å²) in [5.41, 5.74) is 2.26. The van der Waals surface area contributed by atoms with Crippen molar-refractivity contribution in [3.63, 3.8) is 0 Å². The fraction of sp³-hybridized carbons (Fsp3) is 0.391. The number of rotatable bonds is 7. The number of morpholine rings is 1. The normalized spacial score (nSPS) is 18.7. The second-order valence-corrected chi connectivity index (χ2v) is 7.85. The van der Waals surface area contributed by atoms with Crippen LogP contribution in [0.3, 0.4) is 0 Å². The molecule has 1 saturated heterocycles. The van der Waals surface area contributed by atoms with Crippen LogP contribution in [0.15, 0.2) is 54.3 Å². The van der Waals surface area contributed by atoms with Gasteiger partial charge in [-0.3, -0.25) is 0 Å². The number of hydrogen-bond acceptors (Lipinski definition) is 9. The van der Waals surface area contributed by atoms with Gasteiger partial charge in [0.15, 0.2) is 5.65 Å². The van der Waals surface area contributed by atoms with Gasteiger partial charge in [-0.15, -0.1) is 0 Å². The summed E-state index contributed by atoms with van der Waals surface area (Å²) in [7, 11) is 3.38. The third kappa shape index (κ3) is 4.67. The van der Waals surface area contributed by atoms with Gasteiger partial charge >= 0.3 is 0 Å². The molecule has 3 aromatic heterocycles. The van der Waals surface area contributed by atoms with Crippen LogP contribution >= 0.6 is 0 Å². The Bertz CT molecular complexity index is 1160. The lowest BCUT2D eigenvalue weighted by molar-refractivity contribution is 0.120. The largest absolute Gasteiger partial charge is 0.501 e. The standard InChI is InChI=1S/C23H27N7O3/c1-31-17-11-16(12-18(13-17)32-2)30(15-20-24-5-6-25-20)21-4-3-19-23(27-21)28-22(14-26-19)29-7-9-33-10-8-29/h3-6,11-12,14,17H,7-10,13,15H2,1-2H3,(H,24,25). The molecule has 1 atom stereocenters. The van der Waals surface area contributed by atoms with Crippen molar-refractivity contribution in [3.05, 3.63) is 60.2 Å². The van der Waals surface area contributed by atoms with Crippen molar-refractivity contribution in [2.24, 2.45) is 0 Å². The Kier molecular flexibility index (Phi) is 6.18. The Balaban J connectivity index is 1.54. The molecule has 0 radical (unpaired) electrons. The second kappa shape index (κ2) is 9.55. The van der Waals surface area contributed by atoms with Crippen LogP contribution < -0.4 is 9.80 Å². The quantitative estimate of drug-likeness (QED) is 0.583. The maximum atomic E-state index is 5.62. The van der Waals surface area contributed by atoms with E-state index in [1.165, 1.54) is 0 Å². The Morgan fingerprint density at radius 1 is 1.18 bits per heavy atom. The predicted molar refractivity (Wildman–Crippen MR) is 124 cm³/mol. The lowest BCUT2D eigenvalue weighted by Crippen LogP contribution is -2.36. The second-order valence-electron chi connectivity index (χ2n) is 7.85. The number of allylic oxidation sites excluding steroid dienone is 1. The molecule has 0 spiro atoms. The fourth-order valence-electron chi connectivity index (χ4n) is 3.99. The number of aromatic amines is 1. The molecular weight excluding hydrogens is 422 g/mol. The molecule has 0 amide bonds. The molecule has 1 unspecified atom stereocenters. The van der Waals surface area contributed by atoms with E-state index in [0.29, 0.717) is 31.8 Å². The minimum atomic E-state index is -0.0905. The molecule has 0 bridgehead atoms. The summed E-state index contributed by atoms with van der Waals surface area (Å²) in [6.07, 6.45) is 10.0. The maximum Gasteiger partial charge on any atom is 0.182 e. The molecule has 0 saturated carbocycles. The van der Waals surface area contributed by atoms with Crippen LogP contribution in [0.1, 0.15) is 12.2 Å². The molecular formula is C23H27N7O3. The van der Waals surface area contributed by atoms with E-state index in [1.807, 2.05) is 24.4 Å². The first-order chi connectivity index (χ1) is 16.2. The van der Waals surface area contributed by atoms with Crippen molar-refractivity contribution >= 4 is 22.8 Å². The fourth-order valence-corrected chi connectivity index (χ4v) is 3.99. The highest BCUT2D eigenvalue weighted by atomic mass is 16.5. The molecule has 0 aromatic carbocycles. The van der Waals surface area contributed by atoms with Crippen molar-refractivity contribution in [1.29, 1.82) is 0 Å². The third-order valence-electron chi connectivity index (χ3n) is 5.80. The third-order valence-corrected chi connectivity index (χ3v) is 5.80. The van der Waals surface area contributed by atoms with Crippen LogP contribution in [0.25, 0.3) is 11.2 Å². The van der Waals surface area contributed by atoms with Crippen LogP contribution in [0, 0.1) is 0 Å².